The van der Waals surface area contributed by atoms with E-state index in [4.69, 9.17) is 0 Å². The summed E-state index contributed by atoms with van der Waals surface area (Å²) in [4.78, 5) is 4.17. The quantitative estimate of drug-likeness (QED) is 0.587. The zero-order valence-corrected chi connectivity index (χ0v) is 9.37. The molecule has 0 atom stereocenters. The number of allylic oxidation sites excluding steroid dienone is 2. The molecule has 0 saturated heterocycles. The van der Waals surface area contributed by atoms with E-state index >= 15 is 0 Å². The maximum Gasteiger partial charge on any atom is 0.138 e. The van der Waals surface area contributed by atoms with Gasteiger partial charge >= 0.3 is 0 Å². The maximum atomic E-state index is 4.17. The number of hydrogen-bond donors (Lipinski definition) is 0. The Labute approximate surface area is 87.0 Å². The highest BCUT2D eigenvalue weighted by atomic mass is 79.9. The van der Waals surface area contributed by atoms with Crippen molar-refractivity contribution in [3.63, 3.8) is 0 Å². The van der Waals surface area contributed by atoms with Crippen LogP contribution in [0.1, 0.15) is 19.2 Å². The van der Waals surface area contributed by atoms with Crippen molar-refractivity contribution in [2.75, 3.05) is 5.33 Å². The Morgan fingerprint density at radius 1 is 1.54 bits per heavy atom. The number of halogens is 1. The summed E-state index contributed by atoms with van der Waals surface area (Å²) in [7, 11) is 0. The fourth-order valence-electron chi connectivity index (χ4n) is 1.08. The van der Waals surface area contributed by atoms with Crippen LogP contribution in [0.5, 0.6) is 0 Å². The minimum absolute atomic E-state index is 0.876. The van der Waals surface area contributed by atoms with Crippen LogP contribution < -0.4 is 0 Å². The summed E-state index contributed by atoms with van der Waals surface area (Å²) >= 11 is 3.37. The summed E-state index contributed by atoms with van der Waals surface area (Å²) in [6.07, 6.45) is 7.85. The fraction of sp³-hybridized carbons (Fsp3) is 0.556. The van der Waals surface area contributed by atoms with Gasteiger partial charge in [-0.2, -0.15) is 5.10 Å². The third-order valence-electron chi connectivity index (χ3n) is 1.74. The van der Waals surface area contributed by atoms with Gasteiger partial charge < -0.3 is 0 Å². The molecule has 1 aromatic rings. The predicted octanol–water partition coefficient (Wildman–Crippen LogP) is 2.18. The molecule has 0 aromatic carbocycles. The maximum absolute atomic E-state index is 4.17. The molecule has 0 aliphatic carbocycles. The standard InChI is InChI=1S/C9H14BrN3/c1-2-13-9(11-8-12-13)6-4-3-5-7-10/h3-4,8H,2,5-7H2,1H3. The zero-order valence-electron chi connectivity index (χ0n) is 7.78. The van der Waals surface area contributed by atoms with Gasteiger partial charge in [0.1, 0.15) is 12.2 Å². The third kappa shape index (κ3) is 3.30. The van der Waals surface area contributed by atoms with Crippen molar-refractivity contribution in [1.29, 1.82) is 0 Å². The average Bonchev–Trinajstić information content (AvgIpc) is 2.60. The van der Waals surface area contributed by atoms with E-state index in [0.29, 0.717) is 0 Å². The normalized spacial score (nSPS) is 11.2. The lowest BCUT2D eigenvalue weighted by molar-refractivity contribution is 0.626. The van der Waals surface area contributed by atoms with Gasteiger partial charge in [0.25, 0.3) is 0 Å². The van der Waals surface area contributed by atoms with Gasteiger partial charge in [0.2, 0.25) is 0 Å². The summed E-state index contributed by atoms with van der Waals surface area (Å²) < 4.78 is 1.92. The van der Waals surface area contributed by atoms with Crippen molar-refractivity contribution in [3.05, 3.63) is 24.3 Å². The van der Waals surface area contributed by atoms with E-state index in [1.807, 2.05) is 4.68 Å². The number of alkyl halides is 1. The summed E-state index contributed by atoms with van der Waals surface area (Å²) in [5.41, 5.74) is 0. The average molecular weight is 244 g/mol. The van der Waals surface area contributed by atoms with Crippen molar-refractivity contribution >= 4 is 15.9 Å². The molecule has 4 heteroatoms. The molecule has 1 heterocycles. The van der Waals surface area contributed by atoms with Gasteiger partial charge in [-0.25, -0.2) is 4.98 Å². The van der Waals surface area contributed by atoms with Crippen LogP contribution in [0.25, 0.3) is 0 Å². The highest BCUT2D eigenvalue weighted by Gasteiger charge is 1.97. The van der Waals surface area contributed by atoms with Crippen LogP contribution >= 0.6 is 15.9 Å². The number of aromatic nitrogens is 3. The Kier molecular flexibility index (Phi) is 4.75. The molecule has 0 spiro atoms. The second-order valence-corrected chi connectivity index (χ2v) is 3.44. The van der Waals surface area contributed by atoms with E-state index < -0.39 is 0 Å². The van der Waals surface area contributed by atoms with E-state index in [1.54, 1.807) is 6.33 Å². The molecule has 0 aliphatic heterocycles. The second-order valence-electron chi connectivity index (χ2n) is 2.65. The lowest BCUT2D eigenvalue weighted by Crippen LogP contribution is -2.02. The van der Waals surface area contributed by atoms with Crippen LogP contribution in [-0.2, 0) is 13.0 Å². The molecule has 3 nitrogen and oxygen atoms in total. The molecular formula is C9H14BrN3. The minimum atomic E-state index is 0.876. The summed E-state index contributed by atoms with van der Waals surface area (Å²) in [6.45, 7) is 2.96. The van der Waals surface area contributed by atoms with Gasteiger partial charge in [-0.1, -0.05) is 28.1 Å². The molecule has 1 aromatic heterocycles. The van der Waals surface area contributed by atoms with Gasteiger partial charge in [-0.15, -0.1) is 0 Å². The van der Waals surface area contributed by atoms with E-state index in [0.717, 1.165) is 30.5 Å². The summed E-state index contributed by atoms with van der Waals surface area (Å²) in [5.74, 6) is 1.04. The Hall–Kier alpha value is -0.640. The van der Waals surface area contributed by atoms with Crippen molar-refractivity contribution < 1.29 is 0 Å². The van der Waals surface area contributed by atoms with Gasteiger partial charge in [0.15, 0.2) is 0 Å². The van der Waals surface area contributed by atoms with Crippen molar-refractivity contribution in [1.82, 2.24) is 14.8 Å². The molecule has 0 bridgehead atoms. The number of nitrogens with zero attached hydrogens (tertiary/aromatic N) is 3. The van der Waals surface area contributed by atoms with E-state index in [-0.39, 0.29) is 0 Å². The molecule has 0 saturated carbocycles. The molecule has 0 radical (unpaired) electrons. The largest absolute Gasteiger partial charge is 0.250 e. The molecule has 13 heavy (non-hydrogen) atoms. The Bertz CT molecular complexity index is 268. The van der Waals surface area contributed by atoms with Crippen molar-refractivity contribution in [2.45, 2.75) is 26.3 Å². The van der Waals surface area contributed by atoms with Crippen molar-refractivity contribution in [2.24, 2.45) is 0 Å². The Morgan fingerprint density at radius 2 is 2.38 bits per heavy atom. The number of rotatable bonds is 5. The SMILES string of the molecule is CCn1ncnc1CC=CCCBr. The molecule has 0 amide bonds. The second kappa shape index (κ2) is 5.91. The van der Waals surface area contributed by atoms with Gasteiger partial charge in [-0.3, -0.25) is 4.68 Å². The molecule has 1 rings (SSSR count). The lowest BCUT2D eigenvalue weighted by Gasteiger charge is -1.98. The molecule has 0 N–H and O–H groups in total. The van der Waals surface area contributed by atoms with Crippen molar-refractivity contribution in [3.8, 4) is 0 Å². The van der Waals surface area contributed by atoms with E-state index in [2.05, 4.69) is 45.1 Å². The third-order valence-corrected chi connectivity index (χ3v) is 2.20. The number of aryl methyl sites for hydroxylation is 1. The highest BCUT2D eigenvalue weighted by molar-refractivity contribution is 9.09. The molecular weight excluding hydrogens is 230 g/mol. The minimum Gasteiger partial charge on any atom is -0.250 e. The lowest BCUT2D eigenvalue weighted by atomic mass is 10.3. The molecule has 72 valence electrons. The first-order valence-electron chi connectivity index (χ1n) is 4.46. The van der Waals surface area contributed by atoms with Gasteiger partial charge in [0, 0.05) is 18.3 Å². The summed E-state index contributed by atoms with van der Waals surface area (Å²) in [5, 5.41) is 5.11. The first kappa shape index (κ1) is 10.4. The molecule has 0 aliphatic rings. The topological polar surface area (TPSA) is 30.7 Å². The van der Waals surface area contributed by atoms with Crippen LogP contribution in [0.3, 0.4) is 0 Å². The zero-order chi connectivity index (χ0) is 9.52. The predicted molar refractivity (Wildman–Crippen MR) is 57.0 cm³/mol. The summed E-state index contributed by atoms with van der Waals surface area (Å²) in [6, 6.07) is 0. The smallest absolute Gasteiger partial charge is 0.138 e. The fourth-order valence-corrected chi connectivity index (χ4v) is 1.34. The van der Waals surface area contributed by atoms with Crippen LogP contribution in [0.2, 0.25) is 0 Å². The van der Waals surface area contributed by atoms with Gasteiger partial charge in [0.05, 0.1) is 0 Å². The van der Waals surface area contributed by atoms with Crippen LogP contribution in [0.15, 0.2) is 18.5 Å². The van der Waals surface area contributed by atoms with Crippen LogP contribution in [0.4, 0.5) is 0 Å². The highest BCUT2D eigenvalue weighted by Crippen LogP contribution is 1.97. The molecule has 0 fully saturated rings. The van der Waals surface area contributed by atoms with E-state index in [1.165, 1.54) is 0 Å². The Morgan fingerprint density at radius 3 is 3.08 bits per heavy atom. The molecule has 0 unspecified atom stereocenters. The first-order chi connectivity index (χ1) is 6.38. The van der Waals surface area contributed by atoms with Gasteiger partial charge in [-0.05, 0) is 13.3 Å². The number of hydrogen-bond acceptors (Lipinski definition) is 2. The van der Waals surface area contributed by atoms with E-state index in [9.17, 15) is 0 Å². The first-order valence-corrected chi connectivity index (χ1v) is 5.58. The van der Waals surface area contributed by atoms with Crippen LogP contribution in [-0.4, -0.2) is 20.1 Å². The monoisotopic (exact) mass is 243 g/mol. The Balaban J connectivity index is 2.44. The van der Waals surface area contributed by atoms with Crippen LogP contribution in [0, 0.1) is 0 Å².